The van der Waals surface area contributed by atoms with Crippen LogP contribution in [0.15, 0.2) is 42.5 Å². The zero-order valence-electron chi connectivity index (χ0n) is 16.2. The Kier molecular flexibility index (Phi) is 4.56. The van der Waals surface area contributed by atoms with Gasteiger partial charge in [0, 0.05) is 38.2 Å². The summed E-state index contributed by atoms with van der Waals surface area (Å²) in [6, 6.07) is 13.0. The van der Waals surface area contributed by atoms with E-state index in [0.717, 1.165) is 17.7 Å². The second-order valence-electron chi connectivity index (χ2n) is 7.64. The highest BCUT2D eigenvalue weighted by Gasteiger charge is 2.41. The Morgan fingerprint density at radius 2 is 1.55 bits per heavy atom. The van der Waals surface area contributed by atoms with Crippen LogP contribution in [0.4, 0.5) is 5.69 Å². The molecule has 0 aliphatic carbocycles. The third-order valence-electron chi connectivity index (χ3n) is 5.95. The number of rotatable bonds is 2. The standard InChI is InChI=1S/C22H23N3O4/c26-20(24-12-9-22(10-13-24)28-14-15-29-22)17-5-3-6-18(23-17)21(27)25-11-8-16-4-1-2-7-19(16)25/h1-7H,8-15H2. The number of hydrogen-bond donors (Lipinski definition) is 0. The van der Waals surface area contributed by atoms with Gasteiger partial charge in [-0.3, -0.25) is 9.59 Å². The van der Waals surface area contributed by atoms with Crippen molar-refractivity contribution in [2.24, 2.45) is 0 Å². The van der Waals surface area contributed by atoms with Gasteiger partial charge in [-0.2, -0.15) is 0 Å². The van der Waals surface area contributed by atoms with E-state index in [0.29, 0.717) is 57.1 Å². The first kappa shape index (κ1) is 18.3. The van der Waals surface area contributed by atoms with Crippen molar-refractivity contribution >= 4 is 17.5 Å². The molecule has 2 fully saturated rings. The second-order valence-corrected chi connectivity index (χ2v) is 7.64. The maximum Gasteiger partial charge on any atom is 0.276 e. The van der Waals surface area contributed by atoms with Crippen LogP contribution in [0.25, 0.3) is 0 Å². The van der Waals surface area contributed by atoms with Crippen molar-refractivity contribution in [2.75, 3.05) is 37.7 Å². The molecule has 2 saturated heterocycles. The Morgan fingerprint density at radius 3 is 2.31 bits per heavy atom. The highest BCUT2D eigenvalue weighted by atomic mass is 16.7. The number of hydrogen-bond acceptors (Lipinski definition) is 5. The number of nitrogens with zero attached hydrogens (tertiary/aromatic N) is 3. The van der Waals surface area contributed by atoms with Gasteiger partial charge in [-0.1, -0.05) is 24.3 Å². The SMILES string of the molecule is O=C(c1cccc(C(=O)N2CCc3ccccc32)n1)N1CCC2(CC1)OCCO2. The zero-order valence-corrected chi connectivity index (χ0v) is 16.2. The minimum atomic E-state index is -0.523. The minimum absolute atomic E-state index is 0.158. The maximum atomic E-state index is 13.0. The van der Waals surface area contributed by atoms with Gasteiger partial charge in [-0.05, 0) is 30.2 Å². The fourth-order valence-corrected chi connectivity index (χ4v) is 4.36. The molecule has 0 saturated carbocycles. The molecule has 4 heterocycles. The van der Waals surface area contributed by atoms with Crippen molar-refractivity contribution in [1.29, 1.82) is 0 Å². The Morgan fingerprint density at radius 1 is 0.862 bits per heavy atom. The molecule has 1 aromatic carbocycles. The van der Waals surface area contributed by atoms with Crippen LogP contribution in [-0.2, 0) is 15.9 Å². The molecule has 2 amide bonds. The molecular weight excluding hydrogens is 370 g/mol. The summed E-state index contributed by atoms with van der Waals surface area (Å²) < 4.78 is 11.5. The largest absolute Gasteiger partial charge is 0.347 e. The smallest absolute Gasteiger partial charge is 0.276 e. The third kappa shape index (κ3) is 3.30. The number of anilines is 1. The van der Waals surface area contributed by atoms with Crippen LogP contribution in [0.2, 0.25) is 0 Å². The van der Waals surface area contributed by atoms with Crippen LogP contribution in [0.1, 0.15) is 39.4 Å². The van der Waals surface area contributed by atoms with Crippen molar-refractivity contribution in [3.8, 4) is 0 Å². The lowest BCUT2D eigenvalue weighted by molar-refractivity contribution is -0.181. The fraction of sp³-hybridized carbons (Fsp3) is 0.409. The summed E-state index contributed by atoms with van der Waals surface area (Å²) in [5.74, 6) is -0.852. The second kappa shape index (κ2) is 7.24. The number of likely N-dealkylation sites (tertiary alicyclic amines) is 1. The van der Waals surface area contributed by atoms with E-state index < -0.39 is 5.79 Å². The van der Waals surface area contributed by atoms with Gasteiger partial charge >= 0.3 is 0 Å². The van der Waals surface area contributed by atoms with Crippen molar-refractivity contribution < 1.29 is 19.1 Å². The van der Waals surface area contributed by atoms with E-state index in [9.17, 15) is 9.59 Å². The van der Waals surface area contributed by atoms with E-state index in [1.165, 1.54) is 0 Å². The molecule has 3 aliphatic rings. The van der Waals surface area contributed by atoms with E-state index >= 15 is 0 Å². The molecule has 3 aliphatic heterocycles. The number of pyridine rings is 1. The minimum Gasteiger partial charge on any atom is -0.347 e. The van der Waals surface area contributed by atoms with Gasteiger partial charge in [0.2, 0.25) is 0 Å². The monoisotopic (exact) mass is 393 g/mol. The van der Waals surface area contributed by atoms with E-state index in [1.54, 1.807) is 28.0 Å². The quantitative estimate of drug-likeness (QED) is 0.783. The lowest BCUT2D eigenvalue weighted by atomic mass is 10.0. The number of benzene rings is 1. The predicted molar refractivity (Wildman–Crippen MR) is 106 cm³/mol. The van der Waals surface area contributed by atoms with E-state index in [4.69, 9.17) is 9.47 Å². The number of para-hydroxylation sites is 1. The number of fused-ring (bicyclic) bond motifs is 1. The maximum absolute atomic E-state index is 13.0. The van der Waals surface area contributed by atoms with Gasteiger partial charge in [-0.15, -0.1) is 0 Å². The molecule has 7 nitrogen and oxygen atoms in total. The molecule has 1 spiro atoms. The van der Waals surface area contributed by atoms with Crippen LogP contribution >= 0.6 is 0 Å². The van der Waals surface area contributed by atoms with Crippen LogP contribution in [0.5, 0.6) is 0 Å². The number of aromatic nitrogens is 1. The topological polar surface area (TPSA) is 72.0 Å². The van der Waals surface area contributed by atoms with Gasteiger partial charge < -0.3 is 19.3 Å². The van der Waals surface area contributed by atoms with E-state index in [2.05, 4.69) is 4.98 Å². The first-order valence-electron chi connectivity index (χ1n) is 10.1. The molecule has 2 aromatic rings. The molecule has 1 aromatic heterocycles. The van der Waals surface area contributed by atoms with Crippen molar-refractivity contribution in [3.05, 3.63) is 59.4 Å². The van der Waals surface area contributed by atoms with Gasteiger partial charge in [0.15, 0.2) is 5.79 Å². The van der Waals surface area contributed by atoms with Gasteiger partial charge in [0.05, 0.1) is 13.2 Å². The van der Waals surface area contributed by atoms with Crippen molar-refractivity contribution in [2.45, 2.75) is 25.0 Å². The molecule has 7 heteroatoms. The molecule has 0 N–H and O–H groups in total. The Hall–Kier alpha value is -2.77. The summed E-state index contributed by atoms with van der Waals surface area (Å²) in [6.07, 6.45) is 2.14. The Bertz CT molecular complexity index is 945. The van der Waals surface area contributed by atoms with Gasteiger partial charge in [0.1, 0.15) is 11.4 Å². The Balaban J connectivity index is 1.31. The van der Waals surface area contributed by atoms with Crippen molar-refractivity contribution in [1.82, 2.24) is 9.88 Å². The molecule has 150 valence electrons. The molecule has 29 heavy (non-hydrogen) atoms. The predicted octanol–water partition coefficient (Wildman–Crippen LogP) is 2.26. The normalized spacial score (nSPS) is 20.1. The first-order valence-corrected chi connectivity index (χ1v) is 10.1. The molecule has 0 bridgehead atoms. The van der Waals surface area contributed by atoms with Crippen LogP contribution in [0.3, 0.4) is 0 Å². The summed E-state index contributed by atoms with van der Waals surface area (Å²) in [4.78, 5) is 33.9. The average molecular weight is 393 g/mol. The first-order chi connectivity index (χ1) is 14.2. The third-order valence-corrected chi connectivity index (χ3v) is 5.95. The fourth-order valence-electron chi connectivity index (χ4n) is 4.36. The van der Waals surface area contributed by atoms with E-state index in [1.807, 2.05) is 24.3 Å². The van der Waals surface area contributed by atoms with Gasteiger partial charge in [0.25, 0.3) is 11.8 Å². The van der Waals surface area contributed by atoms with Crippen molar-refractivity contribution in [3.63, 3.8) is 0 Å². The summed E-state index contributed by atoms with van der Waals surface area (Å²) in [6.45, 7) is 2.96. The van der Waals surface area contributed by atoms with Crippen LogP contribution in [0, 0.1) is 0 Å². The zero-order chi connectivity index (χ0) is 19.8. The summed E-state index contributed by atoms with van der Waals surface area (Å²) in [5.41, 5.74) is 2.68. The average Bonchev–Trinajstić information content (AvgIpc) is 3.41. The summed E-state index contributed by atoms with van der Waals surface area (Å²) in [5, 5.41) is 0. The number of amides is 2. The number of carbonyl (C=O) groups excluding carboxylic acids is 2. The van der Waals surface area contributed by atoms with Crippen LogP contribution < -0.4 is 4.90 Å². The molecule has 0 radical (unpaired) electrons. The summed E-state index contributed by atoms with van der Waals surface area (Å²) in [7, 11) is 0. The molecule has 5 rings (SSSR count). The number of piperidine rings is 1. The Labute approximate surface area is 169 Å². The number of ether oxygens (including phenoxy) is 2. The molecule has 0 unspecified atom stereocenters. The highest BCUT2D eigenvalue weighted by molar-refractivity contribution is 6.06. The highest BCUT2D eigenvalue weighted by Crippen LogP contribution is 2.32. The van der Waals surface area contributed by atoms with Crippen LogP contribution in [-0.4, -0.2) is 60.3 Å². The lowest BCUT2D eigenvalue weighted by Crippen LogP contribution is -2.47. The lowest BCUT2D eigenvalue weighted by Gasteiger charge is -2.37. The molecule has 0 atom stereocenters. The molecular formula is C22H23N3O4. The number of carbonyl (C=O) groups is 2. The van der Waals surface area contributed by atoms with E-state index in [-0.39, 0.29) is 11.8 Å². The van der Waals surface area contributed by atoms with Gasteiger partial charge in [-0.25, -0.2) is 4.98 Å². The summed E-state index contributed by atoms with van der Waals surface area (Å²) >= 11 is 0.